The fourth-order valence-electron chi connectivity index (χ4n) is 4.05. The van der Waals surface area contributed by atoms with E-state index in [9.17, 15) is 9.59 Å². The first kappa shape index (κ1) is 19.1. The third-order valence-electron chi connectivity index (χ3n) is 5.37. The van der Waals surface area contributed by atoms with Gasteiger partial charge in [-0.15, -0.1) is 0 Å². The van der Waals surface area contributed by atoms with Crippen LogP contribution in [-0.4, -0.2) is 17.7 Å². The Morgan fingerprint density at radius 1 is 1.10 bits per heavy atom. The largest absolute Gasteiger partial charge is 0.494 e. The summed E-state index contributed by atoms with van der Waals surface area (Å²) >= 11 is 0. The van der Waals surface area contributed by atoms with Gasteiger partial charge >= 0.3 is 0 Å². The van der Waals surface area contributed by atoms with Crippen molar-refractivity contribution in [2.45, 2.75) is 26.8 Å². The van der Waals surface area contributed by atoms with Crippen LogP contribution < -0.4 is 15.1 Å². The standard InChI is InChI=1S/C24H20N2O5/c1-4-29-16-7-5-6-15(12-16)21-20-22(27)17-10-13(2)8-9-18(17)30-23(20)24(28)26(21)19-11-14(3)31-25-19/h5-12,21H,4H2,1-3H3/t21-/m1/s1. The third-order valence-corrected chi connectivity index (χ3v) is 5.37. The van der Waals surface area contributed by atoms with Crippen molar-refractivity contribution in [3.05, 3.63) is 87.0 Å². The predicted molar refractivity (Wildman–Crippen MR) is 115 cm³/mol. The van der Waals surface area contributed by atoms with Crippen molar-refractivity contribution in [3.8, 4) is 5.75 Å². The summed E-state index contributed by atoms with van der Waals surface area (Å²) in [5, 5.41) is 4.47. The van der Waals surface area contributed by atoms with Crippen LogP contribution in [-0.2, 0) is 0 Å². The number of aryl methyl sites for hydroxylation is 2. The number of hydrogen-bond acceptors (Lipinski definition) is 6. The number of benzene rings is 2. The minimum absolute atomic E-state index is 0.0221. The Morgan fingerprint density at radius 2 is 1.94 bits per heavy atom. The smallest absolute Gasteiger partial charge is 0.296 e. The van der Waals surface area contributed by atoms with Crippen LogP contribution in [0.3, 0.4) is 0 Å². The fraction of sp³-hybridized carbons (Fsp3) is 0.208. The van der Waals surface area contributed by atoms with E-state index in [4.69, 9.17) is 13.7 Å². The molecule has 3 heterocycles. The number of amides is 1. The SMILES string of the molecule is CCOc1cccc([C@@H]2c3c(oc4ccc(C)cc4c3=O)C(=O)N2c2cc(C)on2)c1. The van der Waals surface area contributed by atoms with Crippen LogP contribution in [0.5, 0.6) is 5.75 Å². The molecule has 0 saturated heterocycles. The van der Waals surface area contributed by atoms with Gasteiger partial charge < -0.3 is 13.7 Å². The molecule has 0 aliphatic carbocycles. The van der Waals surface area contributed by atoms with Gasteiger partial charge in [-0.3, -0.25) is 14.5 Å². The summed E-state index contributed by atoms with van der Waals surface area (Å²) in [6.45, 7) is 6.05. The first-order chi connectivity index (χ1) is 15.0. The summed E-state index contributed by atoms with van der Waals surface area (Å²) in [5.41, 5.74) is 2.09. The molecule has 2 aromatic heterocycles. The van der Waals surface area contributed by atoms with E-state index in [1.54, 1.807) is 25.1 Å². The summed E-state index contributed by atoms with van der Waals surface area (Å²) in [6, 6.07) is 13.6. The number of rotatable bonds is 4. The number of ether oxygens (including phenoxy) is 1. The number of aromatic nitrogens is 1. The van der Waals surface area contributed by atoms with Crippen LogP contribution >= 0.6 is 0 Å². The minimum atomic E-state index is -0.714. The third kappa shape index (κ3) is 3.01. The lowest BCUT2D eigenvalue weighted by Crippen LogP contribution is -2.29. The average Bonchev–Trinajstić information content (AvgIpc) is 3.30. The molecule has 0 unspecified atom stereocenters. The van der Waals surface area contributed by atoms with Crippen molar-refractivity contribution in [3.63, 3.8) is 0 Å². The van der Waals surface area contributed by atoms with Gasteiger partial charge in [0.25, 0.3) is 5.91 Å². The summed E-state index contributed by atoms with van der Waals surface area (Å²) in [7, 11) is 0. The maximum atomic E-state index is 13.6. The monoisotopic (exact) mass is 416 g/mol. The molecule has 1 amide bonds. The molecular weight excluding hydrogens is 396 g/mol. The Bertz CT molecular complexity index is 1380. The van der Waals surface area contributed by atoms with Crippen LogP contribution in [0.2, 0.25) is 0 Å². The number of nitrogens with zero attached hydrogens (tertiary/aromatic N) is 2. The van der Waals surface area contributed by atoms with Crippen molar-refractivity contribution in [1.82, 2.24) is 5.16 Å². The van der Waals surface area contributed by atoms with Crippen molar-refractivity contribution in [2.75, 3.05) is 11.5 Å². The number of hydrogen-bond donors (Lipinski definition) is 0. The second-order valence-electron chi connectivity index (χ2n) is 7.55. The van der Waals surface area contributed by atoms with Gasteiger partial charge in [-0.05, 0) is 50.6 Å². The molecule has 156 valence electrons. The second-order valence-corrected chi connectivity index (χ2v) is 7.55. The van der Waals surface area contributed by atoms with Crippen LogP contribution in [0.4, 0.5) is 5.82 Å². The Kier molecular flexibility index (Phi) is 4.39. The van der Waals surface area contributed by atoms with Gasteiger partial charge in [0.1, 0.15) is 17.1 Å². The van der Waals surface area contributed by atoms with E-state index in [2.05, 4.69) is 5.16 Å². The predicted octanol–water partition coefficient (Wildman–Crippen LogP) is 4.55. The topological polar surface area (TPSA) is 85.8 Å². The highest BCUT2D eigenvalue weighted by molar-refractivity contribution is 6.10. The molecule has 0 spiro atoms. The van der Waals surface area contributed by atoms with Crippen molar-refractivity contribution < 1.29 is 18.5 Å². The zero-order valence-corrected chi connectivity index (χ0v) is 17.3. The van der Waals surface area contributed by atoms with Crippen LogP contribution in [0, 0.1) is 13.8 Å². The molecule has 1 aliphatic heterocycles. The van der Waals surface area contributed by atoms with E-state index >= 15 is 0 Å². The molecule has 0 fully saturated rings. The van der Waals surface area contributed by atoms with Crippen molar-refractivity contribution >= 4 is 22.7 Å². The van der Waals surface area contributed by atoms with Crippen molar-refractivity contribution in [2.24, 2.45) is 0 Å². The zero-order valence-electron chi connectivity index (χ0n) is 17.3. The Balaban J connectivity index is 1.80. The Hall–Kier alpha value is -3.87. The molecule has 7 heteroatoms. The van der Waals surface area contributed by atoms with Gasteiger partial charge in [0, 0.05) is 6.07 Å². The highest BCUT2D eigenvalue weighted by Gasteiger charge is 2.45. The van der Waals surface area contributed by atoms with E-state index < -0.39 is 11.9 Å². The lowest BCUT2D eigenvalue weighted by molar-refractivity contribution is 0.0969. The fourth-order valence-corrected chi connectivity index (χ4v) is 4.05. The molecular formula is C24H20N2O5. The summed E-state index contributed by atoms with van der Waals surface area (Å²) in [4.78, 5) is 28.5. The molecule has 0 radical (unpaired) electrons. The maximum Gasteiger partial charge on any atom is 0.296 e. The molecule has 0 saturated carbocycles. The van der Waals surface area contributed by atoms with Gasteiger partial charge in [0.05, 0.1) is 23.6 Å². The molecule has 31 heavy (non-hydrogen) atoms. The van der Waals surface area contributed by atoms with E-state index in [-0.39, 0.29) is 16.8 Å². The lowest BCUT2D eigenvalue weighted by Gasteiger charge is -2.22. The van der Waals surface area contributed by atoms with Gasteiger partial charge in [-0.25, -0.2) is 0 Å². The molecule has 5 rings (SSSR count). The minimum Gasteiger partial charge on any atom is -0.494 e. The summed E-state index contributed by atoms with van der Waals surface area (Å²) in [5.74, 6) is 1.11. The quantitative estimate of drug-likeness (QED) is 0.485. The highest BCUT2D eigenvalue weighted by Crippen LogP contribution is 2.41. The molecule has 0 bridgehead atoms. The lowest BCUT2D eigenvalue weighted by atomic mass is 9.98. The summed E-state index contributed by atoms with van der Waals surface area (Å²) in [6.07, 6.45) is 0. The molecule has 0 N–H and O–H groups in total. The molecule has 1 atom stereocenters. The first-order valence-electron chi connectivity index (χ1n) is 10.0. The van der Waals surface area contributed by atoms with E-state index in [1.165, 1.54) is 4.90 Å². The molecule has 4 aromatic rings. The van der Waals surface area contributed by atoms with E-state index in [0.717, 1.165) is 11.1 Å². The second kappa shape index (κ2) is 7.12. The molecule has 7 nitrogen and oxygen atoms in total. The van der Waals surface area contributed by atoms with Crippen molar-refractivity contribution in [1.29, 1.82) is 0 Å². The number of anilines is 1. The molecule has 1 aliphatic rings. The van der Waals surface area contributed by atoms with Crippen LogP contribution in [0.25, 0.3) is 11.0 Å². The van der Waals surface area contributed by atoms with Gasteiger partial charge in [-0.2, -0.15) is 0 Å². The number of carbonyl (C=O) groups is 1. The Morgan fingerprint density at radius 3 is 2.68 bits per heavy atom. The van der Waals surface area contributed by atoms with E-state index in [1.807, 2.05) is 44.2 Å². The normalized spacial score (nSPS) is 15.5. The van der Waals surface area contributed by atoms with E-state index in [0.29, 0.717) is 34.9 Å². The van der Waals surface area contributed by atoms with Gasteiger partial charge in [0.2, 0.25) is 5.76 Å². The number of carbonyl (C=O) groups excluding carboxylic acids is 1. The highest BCUT2D eigenvalue weighted by atomic mass is 16.5. The number of fused-ring (bicyclic) bond motifs is 2. The molecule has 2 aromatic carbocycles. The average molecular weight is 416 g/mol. The van der Waals surface area contributed by atoms with Crippen LogP contribution in [0.1, 0.15) is 46.0 Å². The Labute approximate surface area is 177 Å². The van der Waals surface area contributed by atoms with Gasteiger partial charge in [-0.1, -0.05) is 28.9 Å². The van der Waals surface area contributed by atoms with Crippen LogP contribution in [0.15, 0.2) is 62.3 Å². The maximum absolute atomic E-state index is 13.6. The summed E-state index contributed by atoms with van der Waals surface area (Å²) < 4.78 is 16.8. The van der Waals surface area contributed by atoms with Gasteiger partial charge in [0.15, 0.2) is 11.2 Å². The zero-order chi connectivity index (χ0) is 21.7. The first-order valence-corrected chi connectivity index (χ1v) is 10.0.